The van der Waals surface area contributed by atoms with Crippen LogP contribution in [0, 0.1) is 0 Å². The van der Waals surface area contributed by atoms with E-state index in [4.69, 9.17) is 4.74 Å². The highest BCUT2D eigenvalue weighted by molar-refractivity contribution is 5.64. The normalized spacial score (nSPS) is 11.3. The number of aromatic nitrogens is 2. The van der Waals surface area contributed by atoms with E-state index in [1.165, 1.54) is 25.2 Å². The zero-order valence-electron chi connectivity index (χ0n) is 11.9. The van der Waals surface area contributed by atoms with Crippen LogP contribution in [0.4, 0.5) is 24.5 Å². The number of aryl methyl sites for hydroxylation is 1. The molecule has 1 heterocycles. The van der Waals surface area contributed by atoms with Crippen molar-refractivity contribution in [2.45, 2.75) is 13.1 Å². The molecular formula is C14H14F3N3O2. The van der Waals surface area contributed by atoms with Gasteiger partial charge in [0.15, 0.2) is 0 Å². The first-order valence-corrected chi connectivity index (χ1v) is 6.46. The fourth-order valence-electron chi connectivity index (χ4n) is 1.78. The molecule has 0 amide bonds. The van der Waals surface area contributed by atoms with Gasteiger partial charge in [-0.05, 0) is 25.1 Å². The zero-order chi connectivity index (χ0) is 16.3. The third-order valence-corrected chi connectivity index (χ3v) is 2.81. The Morgan fingerprint density at radius 1 is 1.32 bits per heavy atom. The van der Waals surface area contributed by atoms with Crippen LogP contribution in [-0.4, -0.2) is 16.4 Å². The summed E-state index contributed by atoms with van der Waals surface area (Å²) in [5.74, 6) is 0.141. The average Bonchev–Trinajstić information content (AvgIpc) is 2.44. The molecule has 0 unspecified atom stereocenters. The topological polar surface area (TPSA) is 56.2 Å². The van der Waals surface area contributed by atoms with Crippen LogP contribution < -0.4 is 15.6 Å². The second-order valence-corrected chi connectivity index (χ2v) is 4.46. The SMILES string of the molecule is CCOc1nn(C)c(=O)cc1Nc1cccc(C(F)(F)F)c1. The Morgan fingerprint density at radius 2 is 2.05 bits per heavy atom. The molecule has 0 aliphatic heterocycles. The van der Waals surface area contributed by atoms with Gasteiger partial charge in [0.2, 0.25) is 0 Å². The summed E-state index contributed by atoms with van der Waals surface area (Å²) in [6.07, 6.45) is -4.44. The number of ether oxygens (including phenoxy) is 1. The molecule has 0 saturated heterocycles. The Balaban J connectivity index is 2.38. The summed E-state index contributed by atoms with van der Waals surface area (Å²) < 4.78 is 44.5. The largest absolute Gasteiger partial charge is 0.475 e. The third kappa shape index (κ3) is 3.57. The van der Waals surface area contributed by atoms with Crippen molar-refractivity contribution in [2.75, 3.05) is 11.9 Å². The lowest BCUT2D eigenvalue weighted by Gasteiger charge is -2.13. The number of anilines is 2. The molecule has 0 aliphatic rings. The van der Waals surface area contributed by atoms with E-state index in [-0.39, 0.29) is 17.3 Å². The van der Waals surface area contributed by atoms with Gasteiger partial charge in [0.25, 0.3) is 11.4 Å². The molecular weight excluding hydrogens is 299 g/mol. The fraction of sp³-hybridized carbons (Fsp3) is 0.286. The number of hydrogen-bond acceptors (Lipinski definition) is 4. The van der Waals surface area contributed by atoms with Gasteiger partial charge in [-0.2, -0.15) is 13.2 Å². The van der Waals surface area contributed by atoms with Gasteiger partial charge in [-0.3, -0.25) is 4.79 Å². The maximum Gasteiger partial charge on any atom is 0.416 e. The van der Waals surface area contributed by atoms with Gasteiger partial charge in [-0.25, -0.2) is 4.68 Å². The molecule has 0 atom stereocenters. The van der Waals surface area contributed by atoms with Gasteiger partial charge in [0, 0.05) is 18.8 Å². The lowest BCUT2D eigenvalue weighted by Crippen LogP contribution is -2.20. The molecule has 0 fully saturated rings. The van der Waals surface area contributed by atoms with Crippen molar-refractivity contribution in [1.82, 2.24) is 9.78 Å². The summed E-state index contributed by atoms with van der Waals surface area (Å²) in [5.41, 5.74) is -0.791. The van der Waals surface area contributed by atoms with Crippen LogP contribution in [0.2, 0.25) is 0 Å². The molecule has 0 radical (unpaired) electrons. The van der Waals surface area contributed by atoms with E-state index < -0.39 is 17.3 Å². The van der Waals surface area contributed by atoms with Crippen molar-refractivity contribution < 1.29 is 17.9 Å². The smallest absolute Gasteiger partial charge is 0.416 e. The molecule has 0 aliphatic carbocycles. The number of hydrogen-bond donors (Lipinski definition) is 1. The molecule has 8 heteroatoms. The minimum atomic E-state index is -4.44. The van der Waals surface area contributed by atoms with Crippen molar-refractivity contribution in [1.29, 1.82) is 0 Å². The number of nitrogens with zero attached hydrogens (tertiary/aromatic N) is 2. The highest BCUT2D eigenvalue weighted by atomic mass is 19.4. The standard InChI is InChI=1S/C14H14F3N3O2/c1-3-22-13-11(8-12(21)20(2)19-13)18-10-6-4-5-9(7-10)14(15,16)17/h4-8,18H,3H2,1-2H3. The molecule has 22 heavy (non-hydrogen) atoms. The highest BCUT2D eigenvalue weighted by Gasteiger charge is 2.30. The molecule has 1 N–H and O–H groups in total. The van der Waals surface area contributed by atoms with Crippen LogP contribution in [0.5, 0.6) is 5.88 Å². The van der Waals surface area contributed by atoms with Gasteiger partial charge in [0.1, 0.15) is 5.69 Å². The van der Waals surface area contributed by atoms with E-state index in [0.29, 0.717) is 6.61 Å². The van der Waals surface area contributed by atoms with E-state index >= 15 is 0 Å². The predicted molar refractivity (Wildman–Crippen MR) is 75.4 cm³/mol. The Bertz CT molecular complexity index is 726. The minimum Gasteiger partial charge on any atom is -0.475 e. The van der Waals surface area contributed by atoms with E-state index in [1.54, 1.807) is 6.92 Å². The van der Waals surface area contributed by atoms with Crippen LogP contribution in [0.15, 0.2) is 35.1 Å². The van der Waals surface area contributed by atoms with Gasteiger partial charge >= 0.3 is 6.18 Å². The maximum atomic E-state index is 12.7. The van der Waals surface area contributed by atoms with Crippen LogP contribution in [-0.2, 0) is 13.2 Å². The van der Waals surface area contributed by atoms with Crippen molar-refractivity contribution >= 4 is 11.4 Å². The zero-order valence-corrected chi connectivity index (χ0v) is 11.9. The quantitative estimate of drug-likeness (QED) is 0.943. The average molecular weight is 313 g/mol. The van der Waals surface area contributed by atoms with Crippen molar-refractivity contribution in [2.24, 2.45) is 7.05 Å². The van der Waals surface area contributed by atoms with E-state index in [1.807, 2.05) is 0 Å². The van der Waals surface area contributed by atoms with Crippen LogP contribution in [0.3, 0.4) is 0 Å². The highest BCUT2D eigenvalue weighted by Crippen LogP contribution is 2.32. The summed E-state index contributed by atoms with van der Waals surface area (Å²) in [7, 11) is 1.46. The third-order valence-electron chi connectivity index (χ3n) is 2.81. The Morgan fingerprint density at radius 3 is 2.68 bits per heavy atom. The molecule has 0 bridgehead atoms. The van der Waals surface area contributed by atoms with Gasteiger partial charge in [-0.1, -0.05) is 6.07 Å². The molecule has 1 aromatic heterocycles. The molecule has 1 aromatic carbocycles. The first-order chi connectivity index (χ1) is 10.3. The number of benzene rings is 1. The summed E-state index contributed by atoms with van der Waals surface area (Å²) in [6, 6.07) is 5.88. The van der Waals surface area contributed by atoms with Crippen molar-refractivity contribution in [3.05, 3.63) is 46.2 Å². The summed E-state index contributed by atoms with van der Waals surface area (Å²) >= 11 is 0. The van der Waals surface area contributed by atoms with Crippen molar-refractivity contribution in [3.63, 3.8) is 0 Å². The first kappa shape index (κ1) is 15.9. The van der Waals surface area contributed by atoms with E-state index in [9.17, 15) is 18.0 Å². The maximum absolute atomic E-state index is 12.7. The lowest BCUT2D eigenvalue weighted by molar-refractivity contribution is -0.137. The van der Waals surface area contributed by atoms with Crippen LogP contribution >= 0.6 is 0 Å². The van der Waals surface area contributed by atoms with Gasteiger partial charge < -0.3 is 10.1 Å². The first-order valence-electron chi connectivity index (χ1n) is 6.46. The van der Waals surface area contributed by atoms with Crippen LogP contribution in [0.25, 0.3) is 0 Å². The molecule has 2 rings (SSSR count). The van der Waals surface area contributed by atoms with Crippen LogP contribution in [0.1, 0.15) is 12.5 Å². The molecule has 0 spiro atoms. The molecule has 2 aromatic rings. The molecule has 118 valence electrons. The second kappa shape index (κ2) is 6.08. The fourth-order valence-corrected chi connectivity index (χ4v) is 1.78. The Kier molecular flexibility index (Phi) is 4.39. The monoisotopic (exact) mass is 313 g/mol. The number of rotatable bonds is 4. The minimum absolute atomic E-state index is 0.141. The number of alkyl halides is 3. The second-order valence-electron chi connectivity index (χ2n) is 4.46. The lowest BCUT2D eigenvalue weighted by atomic mass is 10.2. The Hall–Kier alpha value is -2.51. The molecule has 5 nitrogen and oxygen atoms in total. The van der Waals surface area contributed by atoms with E-state index in [0.717, 1.165) is 16.8 Å². The summed E-state index contributed by atoms with van der Waals surface area (Å²) in [6.45, 7) is 2.04. The van der Waals surface area contributed by atoms with E-state index in [2.05, 4.69) is 10.4 Å². The predicted octanol–water partition coefficient (Wildman–Crippen LogP) is 2.94. The Labute approximate surface area is 124 Å². The van der Waals surface area contributed by atoms with Crippen molar-refractivity contribution in [3.8, 4) is 5.88 Å². The molecule has 0 saturated carbocycles. The number of nitrogens with one attached hydrogen (secondary N) is 1. The summed E-state index contributed by atoms with van der Waals surface area (Å²) in [4.78, 5) is 11.6. The van der Waals surface area contributed by atoms with Gasteiger partial charge in [-0.15, -0.1) is 5.10 Å². The summed E-state index contributed by atoms with van der Waals surface area (Å²) in [5, 5.41) is 6.66. The van der Waals surface area contributed by atoms with Gasteiger partial charge in [0.05, 0.1) is 12.2 Å². The number of halogens is 3.